The van der Waals surface area contributed by atoms with E-state index in [2.05, 4.69) is 0 Å². The van der Waals surface area contributed by atoms with E-state index in [9.17, 15) is 19.7 Å². The van der Waals surface area contributed by atoms with Gasteiger partial charge in [-0.15, -0.1) is 0 Å². The molecule has 0 amide bonds. The van der Waals surface area contributed by atoms with E-state index < -0.39 is 22.8 Å². The second-order valence-electron chi connectivity index (χ2n) is 6.28. The fourth-order valence-electron chi connectivity index (χ4n) is 3.25. The number of nitrogens with zero attached hydrogens (tertiary/aromatic N) is 2. The lowest BCUT2D eigenvalue weighted by molar-refractivity contribution is -0.384. The van der Waals surface area contributed by atoms with Crippen molar-refractivity contribution in [2.75, 3.05) is 20.3 Å². The Bertz CT molecular complexity index is 812. The molecule has 1 aliphatic rings. The van der Waals surface area contributed by atoms with Gasteiger partial charge in [0.05, 0.1) is 35.2 Å². The number of rotatable bonds is 6. The Morgan fingerprint density at radius 1 is 1.00 bits per heavy atom. The maximum atomic E-state index is 12.8. The molecule has 1 aromatic rings. The smallest absolute Gasteiger partial charge is 0.336 e. The van der Waals surface area contributed by atoms with E-state index in [0.29, 0.717) is 28.1 Å². The first kappa shape index (κ1) is 21.1. The highest BCUT2D eigenvalue weighted by molar-refractivity contribution is 5.99. The van der Waals surface area contributed by atoms with Crippen LogP contribution in [0.3, 0.4) is 0 Å². The largest absolute Gasteiger partial charge is 0.463 e. The van der Waals surface area contributed by atoms with Crippen molar-refractivity contribution in [3.63, 3.8) is 0 Å². The number of carbonyl (C=O) groups excluding carboxylic acids is 2. The summed E-state index contributed by atoms with van der Waals surface area (Å²) in [4.78, 5) is 37.7. The fraction of sp³-hybridized carbons (Fsp3) is 0.400. The third kappa shape index (κ3) is 3.90. The molecule has 0 unspecified atom stereocenters. The normalized spacial score (nSPS) is 15.0. The number of allylic oxidation sites excluding steroid dienone is 2. The van der Waals surface area contributed by atoms with Crippen molar-refractivity contribution in [1.82, 2.24) is 4.90 Å². The Labute approximate surface area is 163 Å². The third-order valence-electron chi connectivity index (χ3n) is 4.79. The van der Waals surface area contributed by atoms with E-state index in [0.717, 1.165) is 0 Å². The summed E-state index contributed by atoms with van der Waals surface area (Å²) < 4.78 is 10.5. The number of hydrogen-bond donors (Lipinski definition) is 0. The average Bonchev–Trinajstić information content (AvgIpc) is 2.66. The highest BCUT2D eigenvalue weighted by atomic mass is 16.6. The molecule has 1 aromatic carbocycles. The zero-order chi connectivity index (χ0) is 21.0. The summed E-state index contributed by atoms with van der Waals surface area (Å²) in [6, 6.07) is 5.80. The summed E-state index contributed by atoms with van der Waals surface area (Å²) in [5.41, 5.74) is 2.41. The SMILES string of the molecule is CCOC(=O)C1=C(C)N(C)C(C)=C(C(=O)OCC)C1c1ccc([N+](=O)[O-])cc1. The Kier molecular flexibility index (Phi) is 6.56. The highest BCUT2D eigenvalue weighted by Crippen LogP contribution is 2.42. The zero-order valence-electron chi connectivity index (χ0n) is 16.6. The molecule has 0 N–H and O–H groups in total. The molecule has 0 fully saturated rings. The second kappa shape index (κ2) is 8.69. The van der Waals surface area contributed by atoms with Gasteiger partial charge in [0.2, 0.25) is 0 Å². The first-order valence-electron chi connectivity index (χ1n) is 8.98. The van der Waals surface area contributed by atoms with Gasteiger partial charge in [-0.2, -0.15) is 0 Å². The molecule has 8 heteroatoms. The summed E-state index contributed by atoms with van der Waals surface area (Å²) in [6.45, 7) is 7.32. The Morgan fingerprint density at radius 3 is 1.79 bits per heavy atom. The van der Waals surface area contributed by atoms with Crippen LogP contribution in [-0.2, 0) is 19.1 Å². The van der Waals surface area contributed by atoms with Crippen molar-refractivity contribution in [2.45, 2.75) is 33.6 Å². The van der Waals surface area contributed by atoms with Gasteiger partial charge in [0.15, 0.2) is 0 Å². The van der Waals surface area contributed by atoms with Crippen LogP contribution in [0.1, 0.15) is 39.2 Å². The molecule has 0 aromatic heterocycles. The van der Waals surface area contributed by atoms with Gasteiger partial charge in [0.1, 0.15) is 0 Å². The first-order chi connectivity index (χ1) is 13.2. The molecule has 0 saturated heterocycles. The topological polar surface area (TPSA) is 99.0 Å². The lowest BCUT2D eigenvalue weighted by Crippen LogP contribution is -2.33. The van der Waals surface area contributed by atoms with Crippen molar-refractivity contribution < 1.29 is 24.0 Å². The zero-order valence-corrected chi connectivity index (χ0v) is 16.6. The van der Waals surface area contributed by atoms with Crippen molar-refractivity contribution in [3.8, 4) is 0 Å². The van der Waals surface area contributed by atoms with Crippen LogP contribution in [0.2, 0.25) is 0 Å². The minimum absolute atomic E-state index is 0.0755. The second-order valence-corrected chi connectivity index (χ2v) is 6.28. The van der Waals surface area contributed by atoms with Gasteiger partial charge in [-0.05, 0) is 33.3 Å². The van der Waals surface area contributed by atoms with E-state index in [1.54, 1.807) is 51.8 Å². The van der Waals surface area contributed by atoms with Crippen molar-refractivity contribution in [3.05, 3.63) is 62.5 Å². The predicted molar refractivity (Wildman–Crippen MR) is 102 cm³/mol. The number of hydrogen-bond acceptors (Lipinski definition) is 7. The van der Waals surface area contributed by atoms with Gasteiger partial charge in [0, 0.05) is 30.6 Å². The molecule has 0 saturated carbocycles. The quantitative estimate of drug-likeness (QED) is 0.419. The van der Waals surface area contributed by atoms with Crippen LogP contribution < -0.4 is 0 Å². The van der Waals surface area contributed by atoms with Crippen LogP contribution in [0.25, 0.3) is 0 Å². The van der Waals surface area contributed by atoms with E-state index in [-0.39, 0.29) is 18.9 Å². The van der Waals surface area contributed by atoms with Crippen LogP contribution in [-0.4, -0.2) is 42.0 Å². The molecule has 28 heavy (non-hydrogen) atoms. The predicted octanol–water partition coefficient (Wildman–Crippen LogP) is 3.30. The summed E-state index contributed by atoms with van der Waals surface area (Å²) in [6.07, 6.45) is 0. The van der Waals surface area contributed by atoms with Gasteiger partial charge >= 0.3 is 11.9 Å². The standard InChI is InChI=1S/C20H24N2O6/c1-6-27-19(23)16-12(3)21(5)13(4)17(20(24)28-7-2)18(16)14-8-10-15(11-9-14)22(25)26/h8-11,18H,6-7H2,1-5H3. The number of nitro groups is 1. The number of esters is 2. The molecular formula is C20H24N2O6. The van der Waals surface area contributed by atoms with Gasteiger partial charge in [-0.3, -0.25) is 10.1 Å². The molecule has 0 aliphatic carbocycles. The molecule has 2 rings (SSSR count). The van der Waals surface area contributed by atoms with Gasteiger partial charge < -0.3 is 14.4 Å². The minimum Gasteiger partial charge on any atom is -0.463 e. The Morgan fingerprint density at radius 2 is 1.43 bits per heavy atom. The lowest BCUT2D eigenvalue weighted by atomic mass is 9.80. The molecule has 8 nitrogen and oxygen atoms in total. The number of non-ortho nitro benzene ring substituents is 1. The molecule has 0 atom stereocenters. The summed E-state index contributed by atoms with van der Waals surface area (Å²) in [5, 5.41) is 11.0. The fourth-order valence-corrected chi connectivity index (χ4v) is 3.25. The number of nitro benzene ring substituents is 1. The molecular weight excluding hydrogens is 364 g/mol. The molecule has 0 spiro atoms. The minimum atomic E-state index is -0.741. The lowest BCUT2D eigenvalue weighted by Gasteiger charge is -2.35. The van der Waals surface area contributed by atoms with Gasteiger partial charge in [-0.1, -0.05) is 12.1 Å². The van der Waals surface area contributed by atoms with Crippen LogP contribution in [0.5, 0.6) is 0 Å². The van der Waals surface area contributed by atoms with E-state index in [1.165, 1.54) is 12.1 Å². The van der Waals surface area contributed by atoms with Crippen LogP contribution in [0, 0.1) is 10.1 Å². The Hall–Kier alpha value is -3.16. The monoisotopic (exact) mass is 388 g/mol. The molecule has 150 valence electrons. The average molecular weight is 388 g/mol. The number of ether oxygens (including phenoxy) is 2. The van der Waals surface area contributed by atoms with Crippen molar-refractivity contribution in [1.29, 1.82) is 0 Å². The summed E-state index contributed by atoms with van der Waals surface area (Å²) in [7, 11) is 1.76. The van der Waals surface area contributed by atoms with Crippen LogP contribution in [0.15, 0.2) is 46.8 Å². The van der Waals surface area contributed by atoms with Crippen LogP contribution in [0.4, 0.5) is 5.69 Å². The number of benzene rings is 1. The number of carbonyl (C=O) groups is 2. The van der Waals surface area contributed by atoms with Crippen molar-refractivity contribution >= 4 is 17.6 Å². The summed E-state index contributed by atoms with van der Waals surface area (Å²) in [5.74, 6) is -1.82. The van der Waals surface area contributed by atoms with E-state index in [4.69, 9.17) is 9.47 Å². The van der Waals surface area contributed by atoms with E-state index >= 15 is 0 Å². The highest BCUT2D eigenvalue weighted by Gasteiger charge is 2.39. The third-order valence-corrected chi connectivity index (χ3v) is 4.79. The molecule has 1 heterocycles. The maximum Gasteiger partial charge on any atom is 0.336 e. The first-order valence-corrected chi connectivity index (χ1v) is 8.98. The van der Waals surface area contributed by atoms with Gasteiger partial charge in [0.25, 0.3) is 5.69 Å². The molecule has 0 radical (unpaired) electrons. The molecule has 0 bridgehead atoms. The molecule has 1 aliphatic heterocycles. The Balaban J connectivity index is 2.70. The maximum absolute atomic E-state index is 12.8. The van der Waals surface area contributed by atoms with Crippen molar-refractivity contribution in [2.24, 2.45) is 0 Å². The van der Waals surface area contributed by atoms with Crippen LogP contribution >= 0.6 is 0 Å². The van der Waals surface area contributed by atoms with E-state index in [1.807, 2.05) is 0 Å². The summed E-state index contributed by atoms with van der Waals surface area (Å²) >= 11 is 0. The van der Waals surface area contributed by atoms with Gasteiger partial charge in [-0.25, -0.2) is 9.59 Å².